The third kappa shape index (κ3) is 3.27. The second kappa shape index (κ2) is 4.64. The maximum Gasteiger partial charge on any atom is 0.349 e. The van der Waals surface area contributed by atoms with Crippen LogP contribution in [-0.2, 0) is 9.63 Å². The molecule has 68 valence electrons. The van der Waals surface area contributed by atoms with Gasteiger partial charge in [-0.25, -0.2) is 4.79 Å². The number of rotatable bonds is 2. The molecule has 0 aromatic heterocycles. The summed E-state index contributed by atoms with van der Waals surface area (Å²) in [4.78, 5) is 14.5. The van der Waals surface area contributed by atoms with Gasteiger partial charge in [0.15, 0.2) is 0 Å². The lowest BCUT2D eigenvalue weighted by Gasteiger charge is -1.92. The Hall–Kier alpha value is -1.32. The Labute approximate surface area is 80.7 Å². The van der Waals surface area contributed by atoms with Crippen molar-refractivity contribution in [1.82, 2.24) is 0 Å². The summed E-state index contributed by atoms with van der Waals surface area (Å²) in [5.41, 5.74) is 0.856. The standard InChI is InChI=1S/C9H8ClNO2/c10-8-4-1-7(2-5-8)3-6-9(12)13-11/h1-6H,11H2/b6-3+. The summed E-state index contributed by atoms with van der Waals surface area (Å²) in [6.07, 6.45) is 2.83. The van der Waals surface area contributed by atoms with E-state index in [1.165, 1.54) is 6.08 Å². The second-order valence-electron chi connectivity index (χ2n) is 2.32. The molecule has 0 unspecified atom stereocenters. The first kappa shape index (κ1) is 9.77. The minimum atomic E-state index is -0.588. The summed E-state index contributed by atoms with van der Waals surface area (Å²) < 4.78 is 0. The summed E-state index contributed by atoms with van der Waals surface area (Å²) in [7, 11) is 0. The van der Waals surface area contributed by atoms with E-state index in [2.05, 4.69) is 10.7 Å². The van der Waals surface area contributed by atoms with Gasteiger partial charge in [-0.15, -0.1) is 0 Å². The highest BCUT2D eigenvalue weighted by Gasteiger charge is 1.92. The first-order valence-corrected chi connectivity index (χ1v) is 3.94. The Morgan fingerprint density at radius 1 is 1.38 bits per heavy atom. The molecule has 0 amide bonds. The number of halogens is 1. The lowest BCUT2D eigenvalue weighted by molar-refractivity contribution is -0.138. The molecule has 0 aliphatic heterocycles. The molecule has 0 radical (unpaired) electrons. The first-order valence-electron chi connectivity index (χ1n) is 3.56. The van der Waals surface area contributed by atoms with Crippen molar-refractivity contribution in [2.75, 3.05) is 0 Å². The van der Waals surface area contributed by atoms with E-state index in [9.17, 15) is 4.79 Å². The first-order chi connectivity index (χ1) is 6.22. The number of carbonyl (C=O) groups is 1. The largest absolute Gasteiger partial charge is 0.370 e. The summed E-state index contributed by atoms with van der Waals surface area (Å²) >= 11 is 5.67. The van der Waals surface area contributed by atoms with E-state index >= 15 is 0 Å². The van der Waals surface area contributed by atoms with Crippen LogP contribution in [-0.4, -0.2) is 5.97 Å². The van der Waals surface area contributed by atoms with E-state index in [0.29, 0.717) is 5.02 Å². The Bertz CT molecular complexity index is 319. The minimum absolute atomic E-state index is 0.588. The smallest absolute Gasteiger partial charge is 0.349 e. The molecule has 0 atom stereocenters. The van der Waals surface area contributed by atoms with Crippen LogP contribution < -0.4 is 5.90 Å². The van der Waals surface area contributed by atoms with Crippen LogP contribution in [0.5, 0.6) is 0 Å². The molecular weight excluding hydrogens is 190 g/mol. The van der Waals surface area contributed by atoms with E-state index in [1.807, 2.05) is 0 Å². The van der Waals surface area contributed by atoms with Crippen LogP contribution in [0.2, 0.25) is 5.02 Å². The molecule has 0 spiro atoms. The highest BCUT2D eigenvalue weighted by atomic mass is 35.5. The fraction of sp³-hybridized carbons (Fsp3) is 0. The van der Waals surface area contributed by atoms with Crippen molar-refractivity contribution in [3.8, 4) is 0 Å². The predicted molar refractivity (Wildman–Crippen MR) is 50.8 cm³/mol. The molecule has 0 saturated carbocycles. The minimum Gasteiger partial charge on any atom is -0.370 e. The Morgan fingerprint density at radius 3 is 2.54 bits per heavy atom. The van der Waals surface area contributed by atoms with Crippen molar-refractivity contribution in [3.05, 3.63) is 40.9 Å². The average Bonchev–Trinajstić information content (AvgIpc) is 2.16. The topological polar surface area (TPSA) is 52.3 Å². The van der Waals surface area contributed by atoms with Crippen molar-refractivity contribution in [2.24, 2.45) is 5.90 Å². The molecular formula is C9H8ClNO2. The molecule has 0 saturated heterocycles. The Morgan fingerprint density at radius 2 is 2.00 bits per heavy atom. The van der Waals surface area contributed by atoms with Crippen LogP contribution in [0.25, 0.3) is 6.08 Å². The predicted octanol–water partition coefficient (Wildman–Crippen LogP) is 1.77. The number of hydrogen-bond donors (Lipinski definition) is 1. The molecule has 0 fully saturated rings. The molecule has 13 heavy (non-hydrogen) atoms. The van der Waals surface area contributed by atoms with E-state index in [4.69, 9.17) is 11.6 Å². The van der Waals surface area contributed by atoms with Gasteiger partial charge in [0.1, 0.15) is 0 Å². The summed E-state index contributed by atoms with van der Waals surface area (Å²) in [6, 6.07) is 7.02. The van der Waals surface area contributed by atoms with Crippen molar-refractivity contribution >= 4 is 23.6 Å². The van der Waals surface area contributed by atoms with Crippen LogP contribution in [0.15, 0.2) is 30.3 Å². The van der Waals surface area contributed by atoms with Gasteiger partial charge in [0.25, 0.3) is 0 Å². The van der Waals surface area contributed by atoms with E-state index < -0.39 is 5.97 Å². The van der Waals surface area contributed by atoms with Gasteiger partial charge < -0.3 is 4.84 Å². The third-order valence-electron chi connectivity index (χ3n) is 1.40. The molecule has 1 rings (SSSR count). The fourth-order valence-electron chi connectivity index (χ4n) is 0.777. The van der Waals surface area contributed by atoms with Gasteiger partial charge in [0.2, 0.25) is 0 Å². The third-order valence-corrected chi connectivity index (χ3v) is 1.65. The summed E-state index contributed by atoms with van der Waals surface area (Å²) in [6.45, 7) is 0. The number of carbonyl (C=O) groups excluding carboxylic acids is 1. The summed E-state index contributed by atoms with van der Waals surface area (Å²) in [5.74, 6) is 4.05. The molecule has 0 aliphatic carbocycles. The van der Waals surface area contributed by atoms with E-state index in [0.717, 1.165) is 5.56 Å². The van der Waals surface area contributed by atoms with Crippen molar-refractivity contribution in [1.29, 1.82) is 0 Å². The molecule has 3 nitrogen and oxygen atoms in total. The fourth-order valence-corrected chi connectivity index (χ4v) is 0.903. The Balaban J connectivity index is 2.69. The van der Waals surface area contributed by atoms with Crippen LogP contribution in [0, 0.1) is 0 Å². The van der Waals surface area contributed by atoms with Crippen LogP contribution >= 0.6 is 11.6 Å². The normalized spacial score (nSPS) is 10.3. The number of benzene rings is 1. The zero-order valence-corrected chi connectivity index (χ0v) is 7.49. The van der Waals surface area contributed by atoms with Crippen molar-refractivity contribution < 1.29 is 9.63 Å². The van der Waals surface area contributed by atoms with Gasteiger partial charge in [0.05, 0.1) is 0 Å². The van der Waals surface area contributed by atoms with Gasteiger partial charge >= 0.3 is 5.97 Å². The molecule has 0 heterocycles. The molecule has 4 heteroatoms. The molecule has 1 aromatic rings. The van der Waals surface area contributed by atoms with Gasteiger partial charge in [-0.3, -0.25) is 0 Å². The maximum absolute atomic E-state index is 10.6. The lowest BCUT2D eigenvalue weighted by atomic mass is 10.2. The van der Waals surface area contributed by atoms with Crippen LogP contribution in [0.3, 0.4) is 0 Å². The Kier molecular flexibility index (Phi) is 3.49. The average molecular weight is 198 g/mol. The van der Waals surface area contributed by atoms with Crippen molar-refractivity contribution in [2.45, 2.75) is 0 Å². The van der Waals surface area contributed by atoms with Gasteiger partial charge in [-0.05, 0) is 23.8 Å². The zero-order chi connectivity index (χ0) is 9.68. The van der Waals surface area contributed by atoms with Gasteiger partial charge in [-0.2, -0.15) is 5.90 Å². The van der Waals surface area contributed by atoms with Gasteiger partial charge in [-0.1, -0.05) is 23.7 Å². The lowest BCUT2D eigenvalue weighted by Crippen LogP contribution is -2.05. The molecule has 1 aromatic carbocycles. The second-order valence-corrected chi connectivity index (χ2v) is 2.76. The maximum atomic E-state index is 10.6. The van der Waals surface area contributed by atoms with Crippen molar-refractivity contribution in [3.63, 3.8) is 0 Å². The van der Waals surface area contributed by atoms with E-state index in [-0.39, 0.29) is 0 Å². The zero-order valence-electron chi connectivity index (χ0n) is 6.74. The van der Waals surface area contributed by atoms with E-state index in [1.54, 1.807) is 30.3 Å². The molecule has 0 aliphatic rings. The quantitative estimate of drug-likeness (QED) is 0.581. The van der Waals surface area contributed by atoms with Crippen LogP contribution in [0.4, 0.5) is 0 Å². The SMILES string of the molecule is NOC(=O)/C=C/c1ccc(Cl)cc1. The monoisotopic (exact) mass is 197 g/mol. The summed E-state index contributed by atoms with van der Waals surface area (Å²) in [5, 5.41) is 0.651. The highest BCUT2D eigenvalue weighted by molar-refractivity contribution is 6.30. The molecule has 0 bridgehead atoms. The van der Waals surface area contributed by atoms with Gasteiger partial charge in [0, 0.05) is 11.1 Å². The highest BCUT2D eigenvalue weighted by Crippen LogP contribution is 2.10. The van der Waals surface area contributed by atoms with Crippen LogP contribution in [0.1, 0.15) is 5.56 Å². The molecule has 2 N–H and O–H groups in total. The number of nitrogens with two attached hydrogens (primary N) is 1. The number of hydrogen-bond acceptors (Lipinski definition) is 3.